The van der Waals surface area contributed by atoms with Crippen LogP contribution in [0.1, 0.15) is 55.0 Å². The van der Waals surface area contributed by atoms with Crippen molar-refractivity contribution < 1.29 is 28.9 Å². The number of ether oxygens (including phenoxy) is 3. The molecule has 0 saturated carbocycles. The van der Waals surface area contributed by atoms with Crippen molar-refractivity contribution in [2.24, 2.45) is 5.92 Å². The van der Waals surface area contributed by atoms with Crippen molar-refractivity contribution >= 4 is 17.4 Å². The van der Waals surface area contributed by atoms with E-state index in [1.165, 1.54) is 0 Å². The van der Waals surface area contributed by atoms with Gasteiger partial charge in [-0.1, -0.05) is 49.7 Å². The highest BCUT2D eigenvalue weighted by atomic mass is 16.5. The maximum absolute atomic E-state index is 13.5. The molecule has 234 valence electrons. The van der Waals surface area contributed by atoms with E-state index in [9.17, 15) is 14.7 Å². The van der Waals surface area contributed by atoms with Crippen LogP contribution >= 0.6 is 0 Å². The highest BCUT2D eigenvalue weighted by molar-refractivity contribution is 6.46. The lowest BCUT2D eigenvalue weighted by molar-refractivity contribution is -0.139. The first-order valence-corrected chi connectivity index (χ1v) is 15.1. The van der Waals surface area contributed by atoms with Crippen LogP contribution in [0.2, 0.25) is 0 Å². The lowest BCUT2D eigenvalue weighted by Crippen LogP contribution is -2.32. The number of aliphatic hydroxyl groups is 1. The fourth-order valence-corrected chi connectivity index (χ4v) is 5.23. The van der Waals surface area contributed by atoms with E-state index in [0.29, 0.717) is 60.5 Å². The molecule has 1 saturated heterocycles. The van der Waals surface area contributed by atoms with E-state index < -0.39 is 17.7 Å². The lowest BCUT2D eigenvalue weighted by Gasteiger charge is -2.26. The molecule has 3 aromatic carbocycles. The summed E-state index contributed by atoms with van der Waals surface area (Å²) in [5.74, 6) is 0.628. The number of aryl methyl sites for hydroxylation is 1. The Kier molecular flexibility index (Phi) is 11.1. The number of carbonyl (C=O) groups excluding carboxylic acids is 2. The zero-order valence-corrected chi connectivity index (χ0v) is 26.6. The van der Waals surface area contributed by atoms with Gasteiger partial charge in [0.05, 0.1) is 25.3 Å². The second-order valence-electron chi connectivity index (χ2n) is 11.9. The minimum Gasteiger partial charge on any atom is -0.507 e. The van der Waals surface area contributed by atoms with Gasteiger partial charge < -0.3 is 29.1 Å². The molecule has 1 aliphatic rings. The van der Waals surface area contributed by atoms with E-state index in [4.69, 9.17) is 14.2 Å². The lowest BCUT2D eigenvalue weighted by atomic mass is 9.95. The number of rotatable bonds is 14. The Morgan fingerprint density at radius 3 is 2.39 bits per heavy atom. The molecule has 1 fully saturated rings. The van der Waals surface area contributed by atoms with E-state index in [2.05, 4.69) is 19.9 Å². The number of carbonyl (C=O) groups is 2. The van der Waals surface area contributed by atoms with E-state index in [0.717, 1.165) is 24.1 Å². The third-order valence-corrected chi connectivity index (χ3v) is 7.62. The van der Waals surface area contributed by atoms with E-state index >= 15 is 0 Å². The highest BCUT2D eigenvalue weighted by Crippen LogP contribution is 2.42. The Morgan fingerprint density at radius 2 is 1.73 bits per heavy atom. The summed E-state index contributed by atoms with van der Waals surface area (Å²) < 4.78 is 17.6. The van der Waals surface area contributed by atoms with Gasteiger partial charge in [-0.15, -0.1) is 0 Å². The number of Topliss-reactive ketones (excluding diaryl/α,β-unsaturated/α-hetero) is 1. The fourth-order valence-electron chi connectivity index (χ4n) is 5.23. The molecule has 44 heavy (non-hydrogen) atoms. The molecule has 1 atom stereocenters. The second-order valence-corrected chi connectivity index (χ2v) is 11.9. The zero-order valence-electron chi connectivity index (χ0n) is 26.6. The monoisotopic (exact) mass is 600 g/mol. The maximum Gasteiger partial charge on any atom is 0.295 e. The van der Waals surface area contributed by atoms with Gasteiger partial charge in [0.15, 0.2) is 11.5 Å². The Balaban J connectivity index is 1.66. The maximum atomic E-state index is 13.5. The van der Waals surface area contributed by atoms with Gasteiger partial charge in [0.25, 0.3) is 11.7 Å². The molecule has 0 spiro atoms. The first-order chi connectivity index (χ1) is 21.1. The average molecular weight is 601 g/mol. The minimum absolute atomic E-state index is 0.0452. The quantitative estimate of drug-likeness (QED) is 0.131. The van der Waals surface area contributed by atoms with Crippen LogP contribution in [-0.4, -0.2) is 67.5 Å². The molecule has 1 aliphatic heterocycles. The first-order valence-electron chi connectivity index (χ1n) is 15.1. The smallest absolute Gasteiger partial charge is 0.295 e. The van der Waals surface area contributed by atoms with Gasteiger partial charge in [-0.2, -0.15) is 0 Å². The van der Waals surface area contributed by atoms with Crippen LogP contribution < -0.4 is 14.2 Å². The molecule has 0 aliphatic carbocycles. The number of hydrogen-bond acceptors (Lipinski definition) is 7. The third kappa shape index (κ3) is 7.99. The zero-order chi connectivity index (χ0) is 31.8. The first kappa shape index (κ1) is 32.6. The predicted octanol–water partition coefficient (Wildman–Crippen LogP) is 6.38. The molecule has 1 unspecified atom stereocenters. The number of methoxy groups -OCH3 is 1. The summed E-state index contributed by atoms with van der Waals surface area (Å²) in [7, 11) is 5.48. The van der Waals surface area contributed by atoms with E-state index in [1.54, 1.807) is 48.4 Å². The van der Waals surface area contributed by atoms with E-state index in [-0.39, 0.29) is 11.3 Å². The second kappa shape index (κ2) is 14.9. The summed E-state index contributed by atoms with van der Waals surface area (Å²) in [5, 5.41) is 11.5. The predicted molar refractivity (Wildman–Crippen MR) is 172 cm³/mol. The molecule has 3 aromatic rings. The number of amides is 1. The molecule has 8 heteroatoms. The molecule has 1 N–H and O–H groups in total. The summed E-state index contributed by atoms with van der Waals surface area (Å²) in [5.41, 5.74) is 3.33. The number of aliphatic hydroxyl groups excluding tert-OH is 1. The molecule has 0 aromatic heterocycles. The molecule has 0 bridgehead atoms. The van der Waals surface area contributed by atoms with Crippen molar-refractivity contribution in [3.05, 3.63) is 94.6 Å². The SMILES string of the molecule is COc1cc(C2C(=C(O)c3ccc(OCc4cccc(C)c4)cc3)C(=O)C(=O)N2CCCN(C)C)ccc1OCCC(C)C. The van der Waals surface area contributed by atoms with Crippen LogP contribution in [0.4, 0.5) is 0 Å². The van der Waals surface area contributed by atoms with Crippen LogP contribution in [0.25, 0.3) is 5.76 Å². The van der Waals surface area contributed by atoms with Gasteiger partial charge >= 0.3 is 0 Å². The number of benzene rings is 3. The van der Waals surface area contributed by atoms with Crippen LogP contribution in [0.5, 0.6) is 17.2 Å². The molecule has 0 radical (unpaired) electrons. The Hall–Kier alpha value is -4.30. The van der Waals surface area contributed by atoms with Crippen molar-refractivity contribution in [2.75, 3.05) is 40.9 Å². The standard InChI is InChI=1S/C36H44N2O6/c1-24(2)17-20-43-30-16-13-28(22-31(30)42-6)33-32(35(40)36(41)38(33)19-8-18-37(4)5)34(39)27-11-14-29(15-12-27)44-23-26-10-7-9-25(3)21-26/h7,9-16,21-22,24,33,39H,8,17-20,23H2,1-6H3. The highest BCUT2D eigenvalue weighted by Gasteiger charge is 2.46. The average Bonchev–Trinajstić information content (AvgIpc) is 3.25. The summed E-state index contributed by atoms with van der Waals surface area (Å²) in [6.07, 6.45) is 1.56. The molecule has 1 heterocycles. The summed E-state index contributed by atoms with van der Waals surface area (Å²) in [6, 6.07) is 19.6. The largest absolute Gasteiger partial charge is 0.507 e. The number of hydrogen-bond donors (Lipinski definition) is 1. The minimum atomic E-state index is -0.784. The van der Waals surface area contributed by atoms with Crippen molar-refractivity contribution in [2.45, 2.75) is 46.3 Å². The van der Waals surface area contributed by atoms with Gasteiger partial charge in [-0.3, -0.25) is 9.59 Å². The van der Waals surface area contributed by atoms with Gasteiger partial charge in [0.2, 0.25) is 0 Å². The summed E-state index contributed by atoms with van der Waals surface area (Å²) in [4.78, 5) is 30.4. The third-order valence-electron chi connectivity index (χ3n) is 7.62. The van der Waals surface area contributed by atoms with Crippen LogP contribution in [-0.2, 0) is 16.2 Å². The Bertz CT molecular complexity index is 1480. The topological polar surface area (TPSA) is 88.5 Å². The number of nitrogens with zero attached hydrogens (tertiary/aromatic N) is 2. The van der Waals surface area contributed by atoms with Crippen molar-refractivity contribution in [3.63, 3.8) is 0 Å². The Labute approximate surface area is 260 Å². The van der Waals surface area contributed by atoms with Gasteiger partial charge in [0, 0.05) is 12.1 Å². The molecule has 1 amide bonds. The van der Waals surface area contributed by atoms with Crippen LogP contribution in [0.3, 0.4) is 0 Å². The van der Waals surface area contributed by atoms with Crippen molar-refractivity contribution in [3.8, 4) is 17.2 Å². The summed E-state index contributed by atoms with van der Waals surface area (Å²) in [6.45, 7) is 8.35. The van der Waals surface area contributed by atoms with Crippen LogP contribution in [0.15, 0.2) is 72.3 Å². The number of ketones is 1. The van der Waals surface area contributed by atoms with Crippen LogP contribution in [0, 0.1) is 12.8 Å². The van der Waals surface area contributed by atoms with Crippen molar-refractivity contribution in [1.29, 1.82) is 0 Å². The summed E-state index contributed by atoms with van der Waals surface area (Å²) >= 11 is 0. The molecular weight excluding hydrogens is 556 g/mol. The van der Waals surface area contributed by atoms with Gasteiger partial charge in [-0.25, -0.2) is 0 Å². The fraction of sp³-hybridized carbons (Fsp3) is 0.389. The molecule has 4 rings (SSSR count). The Morgan fingerprint density at radius 1 is 0.977 bits per heavy atom. The van der Waals surface area contributed by atoms with Gasteiger partial charge in [-0.05, 0) is 93.8 Å². The number of likely N-dealkylation sites (tertiary alicyclic amines) is 1. The molecule has 8 nitrogen and oxygen atoms in total. The van der Waals surface area contributed by atoms with Crippen molar-refractivity contribution in [1.82, 2.24) is 9.80 Å². The van der Waals surface area contributed by atoms with E-state index in [1.807, 2.05) is 50.2 Å². The normalized spacial score (nSPS) is 16.2. The molecular formula is C36H44N2O6. The van der Waals surface area contributed by atoms with Gasteiger partial charge in [0.1, 0.15) is 18.1 Å².